The molecule has 1 aromatic heterocycles. The third-order valence-corrected chi connectivity index (χ3v) is 4.70. The maximum absolute atomic E-state index is 13.2. The van der Waals surface area contributed by atoms with E-state index >= 15 is 0 Å². The molecule has 0 saturated heterocycles. The van der Waals surface area contributed by atoms with Crippen LogP contribution < -0.4 is 0 Å². The molecule has 2 aromatic rings. The summed E-state index contributed by atoms with van der Waals surface area (Å²) in [5.41, 5.74) is 0.827. The molecule has 2 amide bonds. The van der Waals surface area contributed by atoms with Crippen molar-refractivity contribution >= 4 is 11.8 Å². The third-order valence-electron chi connectivity index (χ3n) is 4.70. The van der Waals surface area contributed by atoms with Gasteiger partial charge < -0.3 is 14.2 Å². The highest BCUT2D eigenvalue weighted by atomic mass is 19.1. The first-order valence-corrected chi connectivity index (χ1v) is 9.33. The zero-order valence-corrected chi connectivity index (χ0v) is 15.8. The van der Waals surface area contributed by atoms with Gasteiger partial charge in [0.2, 0.25) is 11.8 Å². The molecule has 1 aromatic carbocycles. The van der Waals surface area contributed by atoms with Crippen LogP contribution in [0.3, 0.4) is 0 Å². The van der Waals surface area contributed by atoms with Crippen molar-refractivity contribution in [1.82, 2.24) is 9.80 Å². The number of furan rings is 1. The molecule has 0 N–H and O–H groups in total. The van der Waals surface area contributed by atoms with E-state index in [1.807, 2.05) is 26.0 Å². The maximum Gasteiger partial charge on any atom is 0.242 e. The Balaban J connectivity index is 1.75. The largest absolute Gasteiger partial charge is 0.464 e. The van der Waals surface area contributed by atoms with Crippen LogP contribution in [0.5, 0.6) is 0 Å². The summed E-state index contributed by atoms with van der Waals surface area (Å²) in [6, 6.07) is 9.97. The molecular formula is C21H25FN2O3. The first kappa shape index (κ1) is 19.1. The number of benzene rings is 1. The minimum Gasteiger partial charge on any atom is -0.464 e. The second-order valence-electron chi connectivity index (χ2n) is 6.99. The fourth-order valence-electron chi connectivity index (χ4n) is 3.06. The predicted molar refractivity (Wildman–Crippen MR) is 99.1 cm³/mol. The summed E-state index contributed by atoms with van der Waals surface area (Å²) in [5.74, 6) is 1.01. The van der Waals surface area contributed by atoms with Gasteiger partial charge in [0.25, 0.3) is 0 Å². The van der Waals surface area contributed by atoms with E-state index in [0.717, 1.165) is 24.2 Å². The summed E-state index contributed by atoms with van der Waals surface area (Å²) in [6.45, 7) is 4.37. The molecule has 144 valence electrons. The van der Waals surface area contributed by atoms with Gasteiger partial charge in [-0.05, 0) is 49.6 Å². The maximum atomic E-state index is 13.2. The van der Waals surface area contributed by atoms with E-state index in [-0.39, 0.29) is 30.2 Å². The lowest BCUT2D eigenvalue weighted by Gasteiger charge is -2.27. The monoisotopic (exact) mass is 372 g/mol. The molecule has 0 atom stereocenters. The van der Waals surface area contributed by atoms with E-state index in [0.29, 0.717) is 25.3 Å². The SMILES string of the molecule is CCC(=O)N(CC(=O)N(Cc1ccc(F)cc1)Cc1ccc(C)o1)C1CC1. The number of amides is 2. The fourth-order valence-corrected chi connectivity index (χ4v) is 3.06. The van der Waals surface area contributed by atoms with E-state index in [1.165, 1.54) is 12.1 Å². The number of hydrogen-bond acceptors (Lipinski definition) is 3. The standard InChI is InChI=1S/C21H25FN2O3/c1-3-20(25)24(18-9-10-18)14-21(26)23(13-19-11-4-15(2)27-19)12-16-5-7-17(22)8-6-16/h4-8,11,18H,3,9-10,12-14H2,1-2H3. The molecular weight excluding hydrogens is 347 g/mol. The molecule has 1 aliphatic carbocycles. The Hall–Kier alpha value is -2.63. The van der Waals surface area contributed by atoms with Crippen molar-refractivity contribution in [3.8, 4) is 0 Å². The fraction of sp³-hybridized carbons (Fsp3) is 0.429. The van der Waals surface area contributed by atoms with Crippen LogP contribution in [0.1, 0.15) is 43.3 Å². The Kier molecular flexibility index (Phi) is 5.94. The van der Waals surface area contributed by atoms with Crippen molar-refractivity contribution in [3.05, 3.63) is 59.3 Å². The number of halogens is 1. The van der Waals surface area contributed by atoms with Gasteiger partial charge in [0.05, 0.1) is 6.54 Å². The van der Waals surface area contributed by atoms with Gasteiger partial charge in [-0.1, -0.05) is 19.1 Å². The van der Waals surface area contributed by atoms with Gasteiger partial charge in [0.15, 0.2) is 0 Å². The van der Waals surface area contributed by atoms with Crippen LogP contribution in [0.2, 0.25) is 0 Å². The van der Waals surface area contributed by atoms with E-state index < -0.39 is 0 Å². The molecule has 1 fully saturated rings. The van der Waals surface area contributed by atoms with E-state index in [2.05, 4.69) is 0 Å². The van der Waals surface area contributed by atoms with Crippen LogP contribution in [-0.2, 0) is 22.7 Å². The number of hydrogen-bond donors (Lipinski definition) is 0. The van der Waals surface area contributed by atoms with Gasteiger partial charge in [-0.3, -0.25) is 9.59 Å². The molecule has 1 saturated carbocycles. The van der Waals surface area contributed by atoms with Gasteiger partial charge >= 0.3 is 0 Å². The summed E-state index contributed by atoms with van der Waals surface area (Å²) < 4.78 is 18.8. The summed E-state index contributed by atoms with van der Waals surface area (Å²) in [7, 11) is 0. The molecule has 0 spiro atoms. The lowest BCUT2D eigenvalue weighted by Crippen LogP contribution is -2.43. The average Bonchev–Trinajstić information content (AvgIpc) is 3.42. The van der Waals surface area contributed by atoms with Crippen LogP contribution >= 0.6 is 0 Å². The molecule has 0 aliphatic heterocycles. The molecule has 0 radical (unpaired) electrons. The Bertz CT molecular complexity index is 796. The molecule has 1 aliphatic rings. The van der Waals surface area contributed by atoms with Crippen molar-refractivity contribution in [1.29, 1.82) is 0 Å². The lowest BCUT2D eigenvalue weighted by molar-refractivity contribution is -0.141. The Morgan fingerprint density at radius 3 is 2.33 bits per heavy atom. The third kappa shape index (κ3) is 5.18. The van der Waals surface area contributed by atoms with Crippen molar-refractivity contribution in [2.24, 2.45) is 0 Å². The number of carbonyl (C=O) groups is 2. The minimum atomic E-state index is -0.313. The van der Waals surface area contributed by atoms with Gasteiger partial charge in [0.1, 0.15) is 23.9 Å². The molecule has 0 bridgehead atoms. The van der Waals surface area contributed by atoms with Crippen molar-refractivity contribution in [3.63, 3.8) is 0 Å². The normalized spacial score (nSPS) is 13.4. The quantitative estimate of drug-likeness (QED) is 0.711. The number of aryl methyl sites for hydroxylation is 1. The van der Waals surface area contributed by atoms with Crippen molar-refractivity contribution < 1.29 is 18.4 Å². The highest BCUT2D eigenvalue weighted by Gasteiger charge is 2.34. The zero-order chi connectivity index (χ0) is 19.4. The molecule has 6 heteroatoms. The Morgan fingerprint density at radius 1 is 1.07 bits per heavy atom. The van der Waals surface area contributed by atoms with Crippen LogP contribution in [-0.4, -0.2) is 34.2 Å². The summed E-state index contributed by atoms with van der Waals surface area (Å²) in [5, 5.41) is 0. The topological polar surface area (TPSA) is 53.8 Å². The molecule has 3 rings (SSSR count). The van der Waals surface area contributed by atoms with Gasteiger partial charge in [-0.25, -0.2) is 4.39 Å². The van der Waals surface area contributed by atoms with E-state index in [9.17, 15) is 14.0 Å². The van der Waals surface area contributed by atoms with E-state index in [1.54, 1.807) is 21.9 Å². The van der Waals surface area contributed by atoms with Crippen LogP contribution in [0.4, 0.5) is 4.39 Å². The van der Waals surface area contributed by atoms with Crippen LogP contribution in [0.15, 0.2) is 40.8 Å². The van der Waals surface area contributed by atoms with Crippen LogP contribution in [0, 0.1) is 12.7 Å². The number of rotatable bonds is 8. The highest BCUT2D eigenvalue weighted by Crippen LogP contribution is 2.27. The predicted octanol–water partition coefficient (Wildman–Crippen LogP) is 3.66. The molecule has 1 heterocycles. The molecule has 0 unspecified atom stereocenters. The van der Waals surface area contributed by atoms with Crippen LogP contribution in [0.25, 0.3) is 0 Å². The highest BCUT2D eigenvalue weighted by molar-refractivity contribution is 5.85. The van der Waals surface area contributed by atoms with Crippen molar-refractivity contribution in [2.45, 2.75) is 52.2 Å². The van der Waals surface area contributed by atoms with Crippen molar-refractivity contribution in [2.75, 3.05) is 6.54 Å². The molecule has 5 nitrogen and oxygen atoms in total. The summed E-state index contributed by atoms with van der Waals surface area (Å²) >= 11 is 0. The van der Waals surface area contributed by atoms with Gasteiger partial charge in [-0.15, -0.1) is 0 Å². The first-order valence-electron chi connectivity index (χ1n) is 9.33. The van der Waals surface area contributed by atoms with E-state index in [4.69, 9.17) is 4.42 Å². The Labute approximate surface area is 158 Å². The lowest BCUT2D eigenvalue weighted by atomic mass is 10.2. The summed E-state index contributed by atoms with van der Waals surface area (Å²) in [4.78, 5) is 28.6. The number of carbonyl (C=O) groups excluding carboxylic acids is 2. The second-order valence-corrected chi connectivity index (χ2v) is 6.99. The van der Waals surface area contributed by atoms with Gasteiger partial charge in [0, 0.05) is 19.0 Å². The Morgan fingerprint density at radius 2 is 1.78 bits per heavy atom. The first-order chi connectivity index (χ1) is 13.0. The average molecular weight is 372 g/mol. The smallest absolute Gasteiger partial charge is 0.242 e. The molecule has 27 heavy (non-hydrogen) atoms. The van der Waals surface area contributed by atoms with Gasteiger partial charge in [-0.2, -0.15) is 0 Å². The zero-order valence-electron chi connectivity index (χ0n) is 15.8. The second kappa shape index (κ2) is 8.37. The summed E-state index contributed by atoms with van der Waals surface area (Å²) in [6.07, 6.45) is 2.29. The number of nitrogens with zero attached hydrogens (tertiary/aromatic N) is 2. The minimum absolute atomic E-state index is 0.00132.